The number of amides is 2. The number of rotatable bonds is 10. The highest BCUT2D eigenvalue weighted by atomic mass is 35.5. The molecule has 0 aliphatic heterocycles. The first-order valence-electron chi connectivity index (χ1n) is 10.1. The molecule has 2 aromatic rings. The zero-order chi connectivity index (χ0) is 23.0. The van der Waals surface area contributed by atoms with Gasteiger partial charge in [-0.2, -0.15) is 0 Å². The van der Waals surface area contributed by atoms with Gasteiger partial charge in [-0.25, -0.2) is 0 Å². The Morgan fingerprint density at radius 2 is 1.65 bits per heavy atom. The highest BCUT2D eigenvalue weighted by Crippen LogP contribution is 2.28. The second-order valence-electron chi connectivity index (χ2n) is 7.43. The van der Waals surface area contributed by atoms with Crippen LogP contribution in [0, 0.1) is 0 Å². The summed E-state index contributed by atoms with van der Waals surface area (Å²) in [6.45, 7) is 6.04. The van der Waals surface area contributed by atoms with Crippen LogP contribution in [-0.2, 0) is 21.9 Å². The number of carbonyl (C=O) groups is 2. The Kier molecular flexibility index (Phi) is 10.5. The fraction of sp³-hybridized carbons (Fsp3) is 0.391. The van der Waals surface area contributed by atoms with Crippen molar-refractivity contribution in [3.63, 3.8) is 0 Å². The van der Waals surface area contributed by atoms with Gasteiger partial charge in [0.1, 0.15) is 6.04 Å². The molecule has 1 atom stereocenters. The van der Waals surface area contributed by atoms with Gasteiger partial charge in [0.2, 0.25) is 11.8 Å². The van der Waals surface area contributed by atoms with Crippen LogP contribution in [0.5, 0.6) is 0 Å². The fourth-order valence-corrected chi connectivity index (χ4v) is 4.85. The molecule has 31 heavy (non-hydrogen) atoms. The maximum absolute atomic E-state index is 13.2. The zero-order valence-corrected chi connectivity index (χ0v) is 20.9. The molecule has 0 unspecified atom stereocenters. The van der Waals surface area contributed by atoms with Crippen molar-refractivity contribution in [2.45, 2.75) is 51.6 Å². The maximum Gasteiger partial charge on any atom is 0.243 e. The van der Waals surface area contributed by atoms with Crippen molar-refractivity contribution < 1.29 is 9.59 Å². The Morgan fingerprint density at radius 3 is 2.19 bits per heavy atom. The van der Waals surface area contributed by atoms with E-state index >= 15 is 0 Å². The van der Waals surface area contributed by atoms with Crippen LogP contribution >= 0.6 is 46.6 Å². The number of benzene rings is 2. The van der Waals surface area contributed by atoms with Gasteiger partial charge in [-0.1, -0.05) is 59.9 Å². The highest BCUT2D eigenvalue weighted by molar-refractivity contribution is 7.99. The summed E-state index contributed by atoms with van der Waals surface area (Å²) in [5.74, 6) is 0.446. The van der Waals surface area contributed by atoms with Gasteiger partial charge >= 0.3 is 0 Å². The van der Waals surface area contributed by atoms with Crippen LogP contribution in [0.15, 0.2) is 42.5 Å². The third-order valence-electron chi connectivity index (χ3n) is 4.62. The van der Waals surface area contributed by atoms with Gasteiger partial charge in [0.15, 0.2) is 0 Å². The Hall–Kier alpha value is -1.40. The molecule has 0 aliphatic rings. The molecule has 0 fully saturated rings. The quantitative estimate of drug-likeness (QED) is 0.421. The Morgan fingerprint density at radius 1 is 1.03 bits per heavy atom. The highest BCUT2D eigenvalue weighted by Gasteiger charge is 2.28. The lowest BCUT2D eigenvalue weighted by Crippen LogP contribution is -2.50. The molecular formula is C23H27Cl3N2O2S. The van der Waals surface area contributed by atoms with E-state index in [4.69, 9.17) is 34.8 Å². The molecule has 0 aliphatic carbocycles. The summed E-state index contributed by atoms with van der Waals surface area (Å²) < 4.78 is 0. The number of nitrogens with zero attached hydrogens (tertiary/aromatic N) is 1. The second-order valence-corrected chi connectivity index (χ2v) is 9.66. The van der Waals surface area contributed by atoms with Crippen LogP contribution in [0.4, 0.5) is 0 Å². The summed E-state index contributed by atoms with van der Waals surface area (Å²) >= 11 is 19.9. The van der Waals surface area contributed by atoms with E-state index in [0.717, 1.165) is 11.1 Å². The smallest absolute Gasteiger partial charge is 0.243 e. The summed E-state index contributed by atoms with van der Waals surface area (Å²) in [5.41, 5.74) is 1.71. The molecule has 4 nitrogen and oxygen atoms in total. The number of thioether (sulfide) groups is 1. The van der Waals surface area contributed by atoms with Crippen LogP contribution in [0.3, 0.4) is 0 Å². The fourth-order valence-electron chi connectivity index (χ4n) is 3.08. The summed E-state index contributed by atoms with van der Waals surface area (Å²) in [7, 11) is 0. The zero-order valence-electron chi connectivity index (χ0n) is 17.8. The Labute approximate surface area is 203 Å². The predicted molar refractivity (Wildman–Crippen MR) is 132 cm³/mol. The lowest BCUT2D eigenvalue weighted by Gasteiger charge is -2.31. The van der Waals surface area contributed by atoms with Crippen molar-refractivity contribution in [1.29, 1.82) is 0 Å². The number of hydrogen-bond donors (Lipinski definition) is 1. The van der Waals surface area contributed by atoms with Gasteiger partial charge < -0.3 is 10.2 Å². The molecular weight excluding hydrogens is 475 g/mol. The van der Waals surface area contributed by atoms with Gasteiger partial charge in [-0.3, -0.25) is 9.59 Å². The molecule has 1 N–H and O–H groups in total. The van der Waals surface area contributed by atoms with E-state index in [1.165, 1.54) is 11.8 Å². The van der Waals surface area contributed by atoms with E-state index in [0.29, 0.717) is 33.8 Å². The topological polar surface area (TPSA) is 49.4 Å². The van der Waals surface area contributed by atoms with Crippen molar-refractivity contribution in [3.05, 3.63) is 68.7 Å². The lowest BCUT2D eigenvalue weighted by atomic mass is 10.1. The summed E-state index contributed by atoms with van der Waals surface area (Å²) in [6, 6.07) is 12.1. The Balaban J connectivity index is 2.16. The first-order chi connectivity index (χ1) is 14.7. The maximum atomic E-state index is 13.2. The van der Waals surface area contributed by atoms with Crippen LogP contribution < -0.4 is 5.32 Å². The molecule has 0 saturated heterocycles. The molecule has 0 aromatic heterocycles. The minimum atomic E-state index is -0.560. The van der Waals surface area contributed by atoms with E-state index in [1.54, 1.807) is 35.2 Å². The van der Waals surface area contributed by atoms with Crippen LogP contribution in [-0.4, -0.2) is 34.6 Å². The molecule has 0 bridgehead atoms. The lowest BCUT2D eigenvalue weighted by molar-refractivity contribution is -0.139. The van der Waals surface area contributed by atoms with Gasteiger partial charge in [0, 0.05) is 33.4 Å². The summed E-state index contributed by atoms with van der Waals surface area (Å²) in [5, 5.41) is 4.70. The molecule has 8 heteroatoms. The third-order valence-corrected chi connectivity index (χ3v) is 6.52. The largest absolute Gasteiger partial charge is 0.352 e. The van der Waals surface area contributed by atoms with Crippen molar-refractivity contribution in [3.8, 4) is 0 Å². The van der Waals surface area contributed by atoms with Gasteiger partial charge in [-0.05, 0) is 55.7 Å². The van der Waals surface area contributed by atoms with E-state index < -0.39 is 6.04 Å². The molecule has 0 radical (unpaired) electrons. The van der Waals surface area contributed by atoms with E-state index in [-0.39, 0.29) is 23.6 Å². The minimum absolute atomic E-state index is 0.00854. The van der Waals surface area contributed by atoms with Gasteiger partial charge in [0.25, 0.3) is 0 Å². The number of halogens is 3. The number of nitrogens with one attached hydrogen (secondary N) is 1. The molecule has 0 heterocycles. The van der Waals surface area contributed by atoms with Gasteiger partial charge in [-0.15, -0.1) is 11.8 Å². The van der Waals surface area contributed by atoms with Gasteiger partial charge in [0.05, 0.1) is 5.75 Å². The van der Waals surface area contributed by atoms with Crippen LogP contribution in [0.25, 0.3) is 0 Å². The second kappa shape index (κ2) is 12.6. The summed E-state index contributed by atoms with van der Waals surface area (Å²) in [6.07, 6.45) is 0.513. The predicted octanol–water partition coefficient (Wildman–Crippen LogP) is 6.21. The average Bonchev–Trinajstić information content (AvgIpc) is 2.70. The minimum Gasteiger partial charge on any atom is -0.352 e. The SMILES string of the molecule is CC[C@H](C(=O)NC(C)C)N(Cc1ccc(Cl)cc1)C(=O)CSCc1c(Cl)cccc1Cl. The van der Waals surface area contributed by atoms with Crippen molar-refractivity contribution in [2.75, 3.05) is 5.75 Å². The first-order valence-corrected chi connectivity index (χ1v) is 12.4. The molecule has 2 aromatic carbocycles. The van der Waals surface area contributed by atoms with Crippen LogP contribution in [0.1, 0.15) is 38.3 Å². The van der Waals surface area contributed by atoms with Crippen molar-refractivity contribution in [1.82, 2.24) is 10.2 Å². The van der Waals surface area contributed by atoms with Crippen molar-refractivity contribution >= 4 is 58.4 Å². The number of hydrogen-bond acceptors (Lipinski definition) is 3. The van der Waals surface area contributed by atoms with Crippen LogP contribution in [0.2, 0.25) is 15.1 Å². The molecule has 0 saturated carbocycles. The third kappa shape index (κ3) is 7.90. The monoisotopic (exact) mass is 500 g/mol. The summed E-state index contributed by atoms with van der Waals surface area (Å²) in [4.78, 5) is 27.6. The molecule has 2 amide bonds. The standard InChI is InChI=1S/C23H27Cl3N2O2S/c1-4-21(23(30)27-15(2)3)28(12-16-8-10-17(24)11-9-16)22(29)14-31-13-18-19(25)6-5-7-20(18)26/h5-11,15,21H,4,12-14H2,1-3H3,(H,27,30)/t21-/m1/s1. The van der Waals surface area contributed by atoms with E-state index in [1.807, 2.05) is 32.9 Å². The van der Waals surface area contributed by atoms with E-state index in [9.17, 15) is 9.59 Å². The average molecular weight is 502 g/mol. The van der Waals surface area contributed by atoms with Crippen molar-refractivity contribution in [2.24, 2.45) is 0 Å². The molecule has 0 spiro atoms. The van der Waals surface area contributed by atoms with E-state index in [2.05, 4.69) is 5.32 Å². The first kappa shape index (κ1) is 25.9. The normalized spacial score (nSPS) is 12.0. The molecule has 2 rings (SSSR count). The Bertz CT molecular complexity index is 871. The molecule has 168 valence electrons. The number of carbonyl (C=O) groups excluding carboxylic acids is 2.